The first-order valence-electron chi connectivity index (χ1n) is 5.09. The molecular weight excluding hydrogens is 226 g/mol. The van der Waals surface area contributed by atoms with E-state index < -0.39 is 12.0 Å². The van der Waals surface area contributed by atoms with E-state index in [9.17, 15) is 4.79 Å². The van der Waals surface area contributed by atoms with Gasteiger partial charge in [-0.1, -0.05) is 0 Å². The van der Waals surface area contributed by atoms with Gasteiger partial charge < -0.3 is 25.1 Å². The summed E-state index contributed by atoms with van der Waals surface area (Å²) >= 11 is 0. The molecular formula is C11H13NO5. The summed E-state index contributed by atoms with van der Waals surface area (Å²) in [5, 5.41) is 8.94. The lowest BCUT2D eigenvalue weighted by molar-refractivity contribution is -0.138. The Balaban J connectivity index is 2.51. The van der Waals surface area contributed by atoms with Gasteiger partial charge in [-0.25, -0.2) is 0 Å². The third kappa shape index (κ3) is 2.12. The predicted octanol–water partition coefficient (Wildman–Crippen LogP) is 0.551. The molecule has 0 radical (unpaired) electrons. The van der Waals surface area contributed by atoms with E-state index in [1.807, 2.05) is 0 Å². The number of rotatable bonds is 3. The second-order valence-electron chi connectivity index (χ2n) is 3.56. The molecule has 0 aliphatic carbocycles. The zero-order chi connectivity index (χ0) is 12.4. The summed E-state index contributed by atoms with van der Waals surface area (Å²) in [6.45, 7) is 0.792. The Morgan fingerprint density at radius 1 is 1.47 bits per heavy atom. The van der Waals surface area contributed by atoms with Gasteiger partial charge in [-0.15, -0.1) is 0 Å². The van der Waals surface area contributed by atoms with Gasteiger partial charge in [-0.05, 0) is 6.07 Å². The van der Waals surface area contributed by atoms with E-state index in [4.69, 9.17) is 25.1 Å². The van der Waals surface area contributed by atoms with E-state index in [2.05, 4.69) is 0 Å². The minimum atomic E-state index is -1.17. The SMILES string of the molecule is COc1cc2c(c(C(N)C(=O)O)c1)OCCO2. The van der Waals surface area contributed by atoms with Crippen LogP contribution in [-0.4, -0.2) is 31.4 Å². The lowest BCUT2D eigenvalue weighted by Gasteiger charge is -2.23. The smallest absolute Gasteiger partial charge is 0.325 e. The van der Waals surface area contributed by atoms with E-state index in [1.54, 1.807) is 12.1 Å². The second kappa shape index (κ2) is 4.50. The van der Waals surface area contributed by atoms with Crippen LogP contribution in [0.15, 0.2) is 12.1 Å². The fourth-order valence-electron chi connectivity index (χ4n) is 1.64. The summed E-state index contributed by atoms with van der Waals surface area (Å²) in [6.07, 6.45) is 0. The van der Waals surface area contributed by atoms with Gasteiger partial charge >= 0.3 is 5.97 Å². The molecule has 0 saturated carbocycles. The Morgan fingerprint density at radius 3 is 2.82 bits per heavy atom. The van der Waals surface area contributed by atoms with Gasteiger partial charge in [0, 0.05) is 11.6 Å². The molecule has 0 saturated heterocycles. The number of ether oxygens (including phenoxy) is 3. The molecule has 2 rings (SSSR count). The Morgan fingerprint density at radius 2 is 2.18 bits per heavy atom. The number of hydrogen-bond donors (Lipinski definition) is 2. The maximum atomic E-state index is 10.9. The van der Waals surface area contributed by atoms with Gasteiger partial charge in [0.2, 0.25) is 0 Å². The highest BCUT2D eigenvalue weighted by Gasteiger charge is 2.25. The monoisotopic (exact) mass is 239 g/mol. The Hall–Kier alpha value is -1.95. The van der Waals surface area contributed by atoms with Crippen LogP contribution in [-0.2, 0) is 4.79 Å². The number of carboxylic acid groups (broad SMARTS) is 1. The first-order chi connectivity index (χ1) is 8.13. The van der Waals surface area contributed by atoms with Crippen molar-refractivity contribution in [2.75, 3.05) is 20.3 Å². The zero-order valence-electron chi connectivity index (χ0n) is 9.30. The molecule has 17 heavy (non-hydrogen) atoms. The van der Waals surface area contributed by atoms with Crippen molar-refractivity contribution in [2.45, 2.75) is 6.04 Å². The molecule has 1 atom stereocenters. The number of aliphatic carboxylic acids is 1. The zero-order valence-corrected chi connectivity index (χ0v) is 9.30. The van der Waals surface area contributed by atoms with Crippen molar-refractivity contribution in [1.29, 1.82) is 0 Å². The molecule has 92 valence electrons. The summed E-state index contributed by atoms with van der Waals surface area (Å²) in [6, 6.07) is 2.03. The molecule has 0 aromatic heterocycles. The molecule has 0 amide bonds. The van der Waals surface area contributed by atoms with Crippen LogP contribution in [0, 0.1) is 0 Å². The molecule has 1 aliphatic heterocycles. The summed E-state index contributed by atoms with van der Waals surface area (Å²) in [4.78, 5) is 10.9. The third-order valence-corrected chi connectivity index (χ3v) is 2.48. The quantitative estimate of drug-likeness (QED) is 0.800. The van der Waals surface area contributed by atoms with Crippen LogP contribution >= 0.6 is 0 Å². The molecule has 1 heterocycles. The van der Waals surface area contributed by atoms with Crippen LogP contribution < -0.4 is 19.9 Å². The van der Waals surface area contributed by atoms with Gasteiger partial charge in [0.15, 0.2) is 11.5 Å². The Bertz CT molecular complexity index is 446. The van der Waals surface area contributed by atoms with Crippen molar-refractivity contribution >= 4 is 5.97 Å². The fraction of sp³-hybridized carbons (Fsp3) is 0.364. The van der Waals surface area contributed by atoms with Crippen LogP contribution in [0.3, 0.4) is 0 Å². The van der Waals surface area contributed by atoms with Gasteiger partial charge in [0.1, 0.15) is 25.0 Å². The number of fused-ring (bicyclic) bond motifs is 1. The number of nitrogens with two attached hydrogens (primary N) is 1. The average Bonchev–Trinajstić information content (AvgIpc) is 2.36. The summed E-state index contributed by atoms with van der Waals surface area (Å²) in [5.74, 6) is 0.199. The lowest BCUT2D eigenvalue weighted by atomic mass is 10.0. The van der Waals surface area contributed by atoms with Crippen molar-refractivity contribution in [1.82, 2.24) is 0 Å². The van der Waals surface area contributed by atoms with Crippen LogP contribution in [0.4, 0.5) is 0 Å². The second-order valence-corrected chi connectivity index (χ2v) is 3.56. The van der Waals surface area contributed by atoms with E-state index in [0.29, 0.717) is 36.0 Å². The maximum Gasteiger partial charge on any atom is 0.325 e. The van der Waals surface area contributed by atoms with Gasteiger partial charge in [0.25, 0.3) is 0 Å². The van der Waals surface area contributed by atoms with E-state index in [1.165, 1.54) is 7.11 Å². The first-order valence-corrected chi connectivity index (χ1v) is 5.09. The van der Waals surface area contributed by atoms with E-state index >= 15 is 0 Å². The van der Waals surface area contributed by atoms with Crippen LogP contribution in [0.5, 0.6) is 17.2 Å². The molecule has 0 spiro atoms. The first kappa shape index (κ1) is 11.5. The molecule has 3 N–H and O–H groups in total. The van der Waals surface area contributed by atoms with Crippen molar-refractivity contribution in [3.8, 4) is 17.2 Å². The third-order valence-electron chi connectivity index (χ3n) is 2.48. The van der Waals surface area contributed by atoms with Crippen LogP contribution in [0.2, 0.25) is 0 Å². The largest absolute Gasteiger partial charge is 0.497 e. The van der Waals surface area contributed by atoms with Gasteiger partial charge in [0.05, 0.1) is 7.11 Å². The van der Waals surface area contributed by atoms with Gasteiger partial charge in [-0.2, -0.15) is 0 Å². The molecule has 1 aromatic rings. The highest BCUT2D eigenvalue weighted by atomic mass is 16.6. The molecule has 0 fully saturated rings. The molecule has 6 nitrogen and oxygen atoms in total. The molecule has 1 aliphatic rings. The standard InChI is InChI=1S/C11H13NO5/c1-15-6-4-7(9(12)11(13)14)10-8(5-6)16-2-3-17-10/h4-5,9H,2-3,12H2,1H3,(H,13,14). The van der Waals surface area contributed by atoms with E-state index in [0.717, 1.165) is 0 Å². The van der Waals surface area contributed by atoms with Crippen molar-refractivity contribution in [3.63, 3.8) is 0 Å². The van der Waals surface area contributed by atoms with Crippen LogP contribution in [0.1, 0.15) is 11.6 Å². The topological polar surface area (TPSA) is 91.0 Å². The number of methoxy groups -OCH3 is 1. The number of carboxylic acids is 1. The van der Waals surface area contributed by atoms with Crippen molar-refractivity contribution in [2.24, 2.45) is 5.73 Å². The summed E-state index contributed by atoms with van der Waals surface area (Å²) in [7, 11) is 1.49. The number of carbonyl (C=O) groups is 1. The summed E-state index contributed by atoms with van der Waals surface area (Å²) < 4.78 is 15.9. The molecule has 1 aromatic carbocycles. The molecule has 1 unspecified atom stereocenters. The molecule has 0 bridgehead atoms. The number of benzene rings is 1. The van der Waals surface area contributed by atoms with Crippen molar-refractivity contribution < 1.29 is 24.1 Å². The van der Waals surface area contributed by atoms with Crippen molar-refractivity contribution in [3.05, 3.63) is 17.7 Å². The Kier molecular flexibility index (Phi) is 3.06. The lowest BCUT2D eigenvalue weighted by Crippen LogP contribution is -2.24. The highest BCUT2D eigenvalue weighted by Crippen LogP contribution is 2.40. The fourth-order valence-corrected chi connectivity index (χ4v) is 1.64. The minimum absolute atomic E-state index is 0.353. The average molecular weight is 239 g/mol. The number of hydrogen-bond acceptors (Lipinski definition) is 5. The maximum absolute atomic E-state index is 10.9. The van der Waals surface area contributed by atoms with Gasteiger partial charge in [-0.3, -0.25) is 4.79 Å². The predicted molar refractivity (Wildman–Crippen MR) is 58.5 cm³/mol. The Labute approximate surface area is 97.9 Å². The minimum Gasteiger partial charge on any atom is -0.497 e. The highest BCUT2D eigenvalue weighted by molar-refractivity contribution is 5.77. The molecule has 6 heteroatoms. The summed E-state index contributed by atoms with van der Waals surface area (Å²) in [5.41, 5.74) is 5.95. The normalized spacial score (nSPS) is 15.2. The van der Waals surface area contributed by atoms with E-state index in [-0.39, 0.29) is 0 Å². The van der Waals surface area contributed by atoms with Crippen LogP contribution in [0.25, 0.3) is 0 Å².